The van der Waals surface area contributed by atoms with Crippen molar-refractivity contribution in [3.8, 4) is 11.4 Å². The van der Waals surface area contributed by atoms with Gasteiger partial charge in [0.25, 0.3) is 0 Å². The Hall–Kier alpha value is -3.18. The van der Waals surface area contributed by atoms with Crippen LogP contribution in [0.4, 0.5) is 42.2 Å². The van der Waals surface area contributed by atoms with Crippen molar-refractivity contribution in [2.75, 3.05) is 5.32 Å². The molecule has 5 nitrogen and oxygen atoms in total. The van der Waals surface area contributed by atoms with E-state index in [2.05, 4.69) is 20.3 Å². The van der Waals surface area contributed by atoms with Crippen LogP contribution in [0.25, 0.3) is 11.4 Å². The van der Waals surface area contributed by atoms with Crippen molar-refractivity contribution in [1.29, 1.82) is 0 Å². The van der Waals surface area contributed by atoms with Crippen LogP contribution in [0, 0.1) is 0 Å². The summed E-state index contributed by atoms with van der Waals surface area (Å²) in [5, 5.41) is 2.71. The van der Waals surface area contributed by atoms with Gasteiger partial charge in [0.1, 0.15) is 29.2 Å². The van der Waals surface area contributed by atoms with Gasteiger partial charge in [0.2, 0.25) is 0 Å². The average Bonchev–Trinajstić information content (AvgIpc) is 3.07. The van der Waals surface area contributed by atoms with E-state index in [9.17, 15) is 30.7 Å². The molecule has 31 heavy (non-hydrogen) atoms. The van der Waals surface area contributed by atoms with Crippen molar-refractivity contribution in [2.45, 2.75) is 37.9 Å². The van der Waals surface area contributed by atoms with Crippen LogP contribution in [-0.4, -0.2) is 25.7 Å². The van der Waals surface area contributed by atoms with Crippen LogP contribution in [0.3, 0.4) is 0 Å². The van der Waals surface area contributed by atoms with Gasteiger partial charge in [-0.25, -0.2) is 14.4 Å². The third kappa shape index (κ3) is 4.32. The molecular formula is C19H14F7N5. The molecule has 0 spiro atoms. The van der Waals surface area contributed by atoms with Crippen molar-refractivity contribution in [3.63, 3.8) is 0 Å². The lowest BCUT2D eigenvalue weighted by molar-refractivity contribution is -0.140. The highest BCUT2D eigenvalue weighted by atomic mass is 19.4. The second-order valence-corrected chi connectivity index (χ2v) is 6.96. The van der Waals surface area contributed by atoms with Crippen LogP contribution in [0.1, 0.15) is 23.5 Å². The molecule has 4 rings (SSSR count). The number of hydrogen-bond donors (Lipinski definition) is 1. The lowest BCUT2D eigenvalue weighted by Crippen LogP contribution is -2.22. The van der Waals surface area contributed by atoms with Gasteiger partial charge in [-0.05, 0) is 30.7 Å². The fourth-order valence-electron chi connectivity index (χ4n) is 3.35. The van der Waals surface area contributed by atoms with Crippen molar-refractivity contribution in [2.24, 2.45) is 0 Å². The van der Waals surface area contributed by atoms with Crippen molar-refractivity contribution < 1.29 is 30.7 Å². The van der Waals surface area contributed by atoms with Crippen LogP contribution >= 0.6 is 0 Å². The molecule has 0 saturated heterocycles. The fraction of sp³-hybridized carbons (Fsp3) is 0.316. The number of rotatable bonds is 3. The van der Waals surface area contributed by atoms with Gasteiger partial charge in [-0.15, -0.1) is 0 Å². The summed E-state index contributed by atoms with van der Waals surface area (Å²) in [6, 6.07) is 4.03. The number of alkyl halides is 7. The number of halogens is 7. The van der Waals surface area contributed by atoms with E-state index in [0.717, 1.165) is 35.0 Å². The molecule has 3 heterocycles. The Labute approximate surface area is 171 Å². The lowest BCUT2D eigenvalue weighted by atomic mass is 10.1. The summed E-state index contributed by atoms with van der Waals surface area (Å²) < 4.78 is 93.8. The van der Waals surface area contributed by atoms with Gasteiger partial charge in [-0.3, -0.25) is 4.98 Å². The number of nitrogens with one attached hydrogen (secondary N) is 1. The topological polar surface area (TPSA) is 55.6 Å². The summed E-state index contributed by atoms with van der Waals surface area (Å²) >= 11 is 0. The minimum Gasteiger partial charge on any atom is -0.339 e. The van der Waals surface area contributed by atoms with Crippen molar-refractivity contribution in [3.05, 3.63) is 53.7 Å². The predicted molar refractivity (Wildman–Crippen MR) is 96.2 cm³/mol. The van der Waals surface area contributed by atoms with Gasteiger partial charge in [0.15, 0.2) is 5.69 Å². The van der Waals surface area contributed by atoms with Gasteiger partial charge in [0.05, 0.1) is 24.5 Å². The number of aromatic nitrogens is 4. The van der Waals surface area contributed by atoms with Gasteiger partial charge in [0, 0.05) is 12.1 Å². The first-order chi connectivity index (χ1) is 14.5. The number of anilines is 2. The van der Waals surface area contributed by atoms with Crippen LogP contribution < -0.4 is 5.32 Å². The molecule has 0 bridgehead atoms. The molecular weight excluding hydrogens is 431 g/mol. The Morgan fingerprint density at radius 3 is 2.29 bits per heavy atom. The standard InChI is InChI=1S/C19H14F7N5/c20-11-3-6-15-30-17(19(24,25)26)16(31(15)9-11)13-7-27-8-14(29-13)28-12-4-1-10(2-5-12)18(21,22)23/h1-2,4-5,7-8,11H,3,6,9H2,(H,28,29). The van der Waals surface area contributed by atoms with E-state index in [4.69, 9.17) is 0 Å². The van der Waals surface area contributed by atoms with Crippen LogP contribution in [0.2, 0.25) is 0 Å². The normalized spacial score (nSPS) is 16.8. The Balaban J connectivity index is 1.70. The van der Waals surface area contributed by atoms with Crippen LogP contribution in [0.15, 0.2) is 36.7 Å². The van der Waals surface area contributed by atoms with E-state index in [-0.39, 0.29) is 42.4 Å². The highest BCUT2D eigenvalue weighted by molar-refractivity contribution is 5.63. The fourth-order valence-corrected chi connectivity index (χ4v) is 3.35. The summed E-state index contributed by atoms with van der Waals surface area (Å²) in [6.45, 7) is -0.286. The number of fused-ring (bicyclic) bond motifs is 1. The van der Waals surface area contributed by atoms with Gasteiger partial charge >= 0.3 is 12.4 Å². The summed E-state index contributed by atoms with van der Waals surface area (Å²) in [5.74, 6) is 0.118. The molecule has 1 aliphatic rings. The maximum absolute atomic E-state index is 13.9. The number of hydrogen-bond acceptors (Lipinski definition) is 4. The molecule has 0 saturated carbocycles. The van der Waals surface area contributed by atoms with E-state index in [1.165, 1.54) is 6.20 Å². The predicted octanol–water partition coefficient (Wildman–Crippen LogP) is 5.41. The number of aryl methyl sites for hydroxylation is 1. The number of nitrogens with zero attached hydrogens (tertiary/aromatic N) is 4. The largest absolute Gasteiger partial charge is 0.435 e. The number of imidazole rings is 1. The number of benzene rings is 1. The molecule has 3 aromatic rings. The molecule has 1 unspecified atom stereocenters. The maximum Gasteiger partial charge on any atom is 0.435 e. The maximum atomic E-state index is 13.9. The monoisotopic (exact) mass is 445 g/mol. The van der Waals surface area contributed by atoms with Gasteiger partial charge in [-0.1, -0.05) is 0 Å². The van der Waals surface area contributed by atoms with Crippen LogP contribution in [-0.2, 0) is 25.3 Å². The molecule has 1 aromatic carbocycles. The molecule has 0 fully saturated rings. The molecule has 1 atom stereocenters. The summed E-state index contributed by atoms with van der Waals surface area (Å²) in [7, 11) is 0. The molecule has 0 radical (unpaired) electrons. The first kappa shape index (κ1) is 21.1. The second kappa shape index (κ2) is 7.50. The third-order valence-corrected chi connectivity index (χ3v) is 4.74. The third-order valence-electron chi connectivity index (χ3n) is 4.74. The molecule has 0 amide bonds. The molecule has 1 N–H and O–H groups in total. The second-order valence-electron chi connectivity index (χ2n) is 6.96. The van der Waals surface area contributed by atoms with E-state index in [0.29, 0.717) is 0 Å². The van der Waals surface area contributed by atoms with Crippen molar-refractivity contribution in [1.82, 2.24) is 19.5 Å². The zero-order chi connectivity index (χ0) is 22.4. The molecule has 164 valence electrons. The highest BCUT2D eigenvalue weighted by Crippen LogP contribution is 2.38. The summed E-state index contributed by atoms with van der Waals surface area (Å²) in [4.78, 5) is 11.6. The smallest absolute Gasteiger partial charge is 0.339 e. The van der Waals surface area contributed by atoms with Crippen LogP contribution in [0.5, 0.6) is 0 Å². The minimum absolute atomic E-state index is 0.00791. The quantitative estimate of drug-likeness (QED) is 0.548. The van der Waals surface area contributed by atoms with E-state index < -0.39 is 35.5 Å². The Kier molecular flexibility index (Phi) is 5.10. The minimum atomic E-state index is -4.79. The van der Waals surface area contributed by atoms with E-state index in [1.807, 2.05) is 0 Å². The summed E-state index contributed by atoms with van der Waals surface area (Å²) in [6.07, 6.45) is -8.16. The zero-order valence-electron chi connectivity index (χ0n) is 15.6. The average molecular weight is 445 g/mol. The first-order valence-electron chi connectivity index (χ1n) is 9.10. The highest BCUT2D eigenvalue weighted by Gasteiger charge is 2.41. The van der Waals surface area contributed by atoms with E-state index in [1.54, 1.807) is 0 Å². The Morgan fingerprint density at radius 2 is 1.65 bits per heavy atom. The molecule has 1 aliphatic heterocycles. The summed E-state index contributed by atoms with van der Waals surface area (Å²) in [5.41, 5.74) is -2.38. The van der Waals surface area contributed by atoms with Gasteiger partial charge < -0.3 is 9.88 Å². The molecule has 0 aliphatic carbocycles. The first-order valence-corrected chi connectivity index (χ1v) is 9.10. The molecule has 2 aromatic heterocycles. The SMILES string of the molecule is FC1CCc2nc(C(F)(F)F)c(-c3cncc(Nc4ccc(C(F)(F)F)cc4)n3)n2C1. The Morgan fingerprint density at radius 1 is 0.935 bits per heavy atom. The van der Waals surface area contributed by atoms with Gasteiger partial charge in [-0.2, -0.15) is 26.3 Å². The van der Waals surface area contributed by atoms with E-state index >= 15 is 0 Å². The zero-order valence-corrected chi connectivity index (χ0v) is 15.6. The lowest BCUT2D eigenvalue weighted by Gasteiger charge is -2.20. The van der Waals surface area contributed by atoms with Crippen molar-refractivity contribution >= 4 is 11.5 Å². The Bertz CT molecular complexity index is 1090. The molecule has 12 heteroatoms.